The van der Waals surface area contributed by atoms with Gasteiger partial charge in [-0.25, -0.2) is 0 Å². The van der Waals surface area contributed by atoms with Crippen LogP contribution in [0.4, 0.5) is 0 Å². The Morgan fingerprint density at radius 1 is 1.05 bits per heavy atom. The largest absolute Gasteiger partial charge is 0.299 e. The van der Waals surface area contributed by atoms with E-state index in [1.54, 1.807) is 24.3 Å². The minimum absolute atomic E-state index is 0.0318. The van der Waals surface area contributed by atoms with Crippen LogP contribution in [0.2, 0.25) is 0 Å². The number of carbonyl (C=O) groups is 3. The first-order valence-electron chi connectivity index (χ1n) is 6.66. The van der Waals surface area contributed by atoms with E-state index in [4.69, 9.17) is 0 Å². The Morgan fingerprint density at radius 2 is 1.68 bits per heavy atom. The van der Waals surface area contributed by atoms with Crippen molar-refractivity contribution in [3.8, 4) is 0 Å². The first-order valence-corrected chi connectivity index (χ1v) is 6.66. The standard InChI is InChI=1S/C15H15NO3/c17-13-7-3-4-10(13)8-9-16-14(18)11-5-1-2-6-12(11)15(16)19/h1-2,5-6,10H,3-4,7-9H2. The molecule has 1 unspecified atom stereocenters. The van der Waals surface area contributed by atoms with Crippen LogP contribution in [0, 0.1) is 5.92 Å². The summed E-state index contributed by atoms with van der Waals surface area (Å²) in [6, 6.07) is 6.87. The molecule has 2 aliphatic rings. The van der Waals surface area contributed by atoms with E-state index in [-0.39, 0.29) is 23.5 Å². The normalized spacial score (nSPS) is 22.2. The fourth-order valence-corrected chi connectivity index (χ4v) is 2.92. The van der Waals surface area contributed by atoms with Gasteiger partial charge < -0.3 is 0 Å². The molecule has 1 aliphatic carbocycles. The molecule has 4 nitrogen and oxygen atoms in total. The number of hydrogen-bond acceptors (Lipinski definition) is 3. The van der Waals surface area contributed by atoms with Crippen molar-refractivity contribution in [1.29, 1.82) is 0 Å². The van der Waals surface area contributed by atoms with Crippen molar-refractivity contribution >= 4 is 17.6 Å². The Labute approximate surface area is 111 Å². The van der Waals surface area contributed by atoms with Gasteiger partial charge in [0.05, 0.1) is 11.1 Å². The second-order valence-corrected chi connectivity index (χ2v) is 5.15. The SMILES string of the molecule is O=C1CCCC1CCN1C(=O)c2ccccc2C1=O. The van der Waals surface area contributed by atoms with Gasteiger partial charge in [0, 0.05) is 18.9 Å². The Kier molecular flexibility index (Phi) is 2.93. The number of benzene rings is 1. The molecule has 1 heterocycles. The number of imide groups is 1. The molecule has 19 heavy (non-hydrogen) atoms. The highest BCUT2D eigenvalue weighted by molar-refractivity contribution is 6.21. The minimum atomic E-state index is -0.231. The number of carbonyl (C=O) groups excluding carboxylic acids is 3. The smallest absolute Gasteiger partial charge is 0.261 e. The summed E-state index contributed by atoms with van der Waals surface area (Å²) < 4.78 is 0. The maximum absolute atomic E-state index is 12.1. The lowest BCUT2D eigenvalue weighted by atomic mass is 10.0. The van der Waals surface area contributed by atoms with Crippen LogP contribution in [0.25, 0.3) is 0 Å². The third-order valence-corrected chi connectivity index (χ3v) is 4.01. The van der Waals surface area contributed by atoms with Gasteiger partial charge in [-0.15, -0.1) is 0 Å². The molecule has 1 aromatic rings. The lowest BCUT2D eigenvalue weighted by Crippen LogP contribution is -2.32. The van der Waals surface area contributed by atoms with Crippen molar-refractivity contribution in [2.75, 3.05) is 6.54 Å². The van der Waals surface area contributed by atoms with Crippen LogP contribution >= 0.6 is 0 Å². The first-order chi connectivity index (χ1) is 9.18. The molecule has 4 heteroatoms. The number of amides is 2. The summed E-state index contributed by atoms with van der Waals surface area (Å²) in [6.07, 6.45) is 3.07. The predicted molar refractivity (Wildman–Crippen MR) is 68.8 cm³/mol. The van der Waals surface area contributed by atoms with Crippen LogP contribution in [-0.4, -0.2) is 29.0 Å². The summed E-state index contributed by atoms with van der Waals surface area (Å²) in [7, 11) is 0. The van der Waals surface area contributed by atoms with Gasteiger partial charge in [-0.05, 0) is 31.4 Å². The maximum Gasteiger partial charge on any atom is 0.261 e. The molecule has 1 aliphatic heterocycles. The molecule has 1 aromatic carbocycles. The Balaban J connectivity index is 1.72. The summed E-state index contributed by atoms with van der Waals surface area (Å²) >= 11 is 0. The molecule has 0 bridgehead atoms. The molecule has 1 saturated carbocycles. The third kappa shape index (κ3) is 1.97. The Bertz CT molecular complexity index is 529. The quantitative estimate of drug-likeness (QED) is 0.779. The van der Waals surface area contributed by atoms with E-state index < -0.39 is 0 Å². The number of rotatable bonds is 3. The Hall–Kier alpha value is -1.97. The Morgan fingerprint density at radius 3 is 2.21 bits per heavy atom. The third-order valence-electron chi connectivity index (χ3n) is 4.01. The lowest BCUT2D eigenvalue weighted by molar-refractivity contribution is -0.120. The van der Waals surface area contributed by atoms with Crippen LogP contribution in [0.3, 0.4) is 0 Å². The molecule has 0 radical (unpaired) electrons. The highest BCUT2D eigenvalue weighted by Crippen LogP contribution is 2.27. The van der Waals surface area contributed by atoms with Crippen molar-refractivity contribution < 1.29 is 14.4 Å². The first kappa shape index (κ1) is 12.1. The summed E-state index contributed by atoms with van der Waals surface area (Å²) in [4.78, 5) is 37.1. The molecular formula is C15H15NO3. The van der Waals surface area contributed by atoms with Crippen molar-refractivity contribution in [3.63, 3.8) is 0 Å². The molecule has 1 atom stereocenters. The summed E-state index contributed by atoms with van der Waals surface area (Å²) in [5.41, 5.74) is 0.954. The number of nitrogens with zero attached hydrogens (tertiary/aromatic N) is 1. The van der Waals surface area contributed by atoms with Crippen molar-refractivity contribution in [3.05, 3.63) is 35.4 Å². The van der Waals surface area contributed by atoms with Crippen molar-refractivity contribution in [2.45, 2.75) is 25.7 Å². The van der Waals surface area contributed by atoms with Crippen LogP contribution in [0.15, 0.2) is 24.3 Å². The van der Waals surface area contributed by atoms with E-state index in [1.807, 2.05) is 0 Å². The highest BCUT2D eigenvalue weighted by Gasteiger charge is 2.35. The fourth-order valence-electron chi connectivity index (χ4n) is 2.92. The van der Waals surface area contributed by atoms with Crippen LogP contribution < -0.4 is 0 Å². The van der Waals surface area contributed by atoms with E-state index in [0.717, 1.165) is 12.8 Å². The van der Waals surface area contributed by atoms with E-state index in [0.29, 0.717) is 30.5 Å². The maximum atomic E-state index is 12.1. The van der Waals surface area contributed by atoms with E-state index in [2.05, 4.69) is 0 Å². The molecular weight excluding hydrogens is 242 g/mol. The number of ketones is 1. The number of hydrogen-bond donors (Lipinski definition) is 0. The second kappa shape index (κ2) is 4.61. The monoisotopic (exact) mass is 257 g/mol. The van der Waals surface area contributed by atoms with E-state index >= 15 is 0 Å². The van der Waals surface area contributed by atoms with E-state index in [9.17, 15) is 14.4 Å². The van der Waals surface area contributed by atoms with Gasteiger partial charge in [0.1, 0.15) is 5.78 Å². The minimum Gasteiger partial charge on any atom is -0.299 e. The van der Waals surface area contributed by atoms with Gasteiger partial charge in [-0.3, -0.25) is 19.3 Å². The predicted octanol–water partition coefficient (Wildman–Crippen LogP) is 2.04. The summed E-state index contributed by atoms with van der Waals surface area (Å²) in [6.45, 7) is 0.350. The van der Waals surface area contributed by atoms with E-state index in [1.165, 1.54) is 4.90 Å². The molecule has 1 fully saturated rings. The van der Waals surface area contributed by atoms with Gasteiger partial charge in [-0.1, -0.05) is 12.1 Å². The zero-order valence-corrected chi connectivity index (χ0v) is 10.6. The van der Waals surface area contributed by atoms with Crippen LogP contribution in [-0.2, 0) is 4.79 Å². The molecule has 0 aromatic heterocycles. The van der Waals surface area contributed by atoms with Crippen molar-refractivity contribution in [1.82, 2.24) is 4.90 Å². The van der Waals surface area contributed by atoms with Gasteiger partial charge in [0.2, 0.25) is 0 Å². The summed E-state index contributed by atoms with van der Waals surface area (Å²) in [5.74, 6) is -0.155. The van der Waals surface area contributed by atoms with Gasteiger partial charge in [-0.2, -0.15) is 0 Å². The lowest BCUT2D eigenvalue weighted by Gasteiger charge is -2.15. The molecule has 98 valence electrons. The second-order valence-electron chi connectivity index (χ2n) is 5.15. The highest BCUT2D eigenvalue weighted by atomic mass is 16.2. The zero-order valence-electron chi connectivity index (χ0n) is 10.6. The van der Waals surface area contributed by atoms with Gasteiger partial charge in [0.15, 0.2) is 0 Å². The van der Waals surface area contributed by atoms with Gasteiger partial charge >= 0.3 is 0 Å². The van der Waals surface area contributed by atoms with Crippen LogP contribution in [0.1, 0.15) is 46.4 Å². The molecule has 2 amide bonds. The molecule has 0 spiro atoms. The fraction of sp³-hybridized carbons (Fsp3) is 0.400. The molecule has 0 saturated heterocycles. The van der Waals surface area contributed by atoms with Crippen LogP contribution in [0.5, 0.6) is 0 Å². The topological polar surface area (TPSA) is 54.5 Å². The number of Topliss-reactive ketones (excluding diaryl/α,β-unsaturated/α-hetero) is 1. The zero-order chi connectivity index (χ0) is 13.4. The molecule has 3 rings (SSSR count). The molecule has 0 N–H and O–H groups in total. The average Bonchev–Trinajstić information content (AvgIpc) is 2.93. The average molecular weight is 257 g/mol. The van der Waals surface area contributed by atoms with Crippen molar-refractivity contribution in [2.24, 2.45) is 5.92 Å². The summed E-state index contributed by atoms with van der Waals surface area (Å²) in [5, 5.41) is 0. The number of fused-ring (bicyclic) bond motifs is 1. The van der Waals surface area contributed by atoms with Gasteiger partial charge in [0.25, 0.3) is 11.8 Å².